The Morgan fingerprint density at radius 3 is 2.46 bits per heavy atom. The van der Waals surface area contributed by atoms with E-state index in [0.29, 0.717) is 12.1 Å². The van der Waals surface area contributed by atoms with Crippen LogP contribution in [0.3, 0.4) is 0 Å². The third-order valence-corrected chi connectivity index (χ3v) is 6.42. The maximum atomic E-state index is 12.4. The number of nitrogens with zero attached hydrogens (tertiary/aromatic N) is 3. The number of rotatable bonds is 12. The summed E-state index contributed by atoms with van der Waals surface area (Å²) in [5.74, 6) is 0.106. The first-order chi connectivity index (χ1) is 16.9. The second-order valence-corrected chi connectivity index (χ2v) is 8.95. The van der Waals surface area contributed by atoms with Crippen LogP contribution in [-0.4, -0.2) is 61.2 Å². The molecule has 35 heavy (non-hydrogen) atoms. The summed E-state index contributed by atoms with van der Waals surface area (Å²) in [6.45, 7) is 3.30. The summed E-state index contributed by atoms with van der Waals surface area (Å²) in [5.41, 5.74) is 3.19. The largest absolute Gasteiger partial charge is 0.497 e. The van der Waals surface area contributed by atoms with Gasteiger partial charge in [0.15, 0.2) is 5.13 Å². The van der Waals surface area contributed by atoms with Crippen molar-refractivity contribution in [1.29, 1.82) is 0 Å². The Bertz CT molecular complexity index is 1150. The van der Waals surface area contributed by atoms with E-state index in [2.05, 4.69) is 11.8 Å². The standard InChI is InChI=1S/C26H31N3O5S/c1-5-6-13-29(15-18-7-9-19(10-8-18)25(32)28(2)16-24(30)31)26-27-22(17-35-26)21-14-20(33-3)11-12-23(21)34-4/h7-12,14,17H,5-6,13,15-16H2,1-4H3,(H,30,31). The minimum Gasteiger partial charge on any atom is -0.497 e. The molecule has 0 radical (unpaired) electrons. The van der Waals surface area contributed by atoms with Crippen LogP contribution in [0.15, 0.2) is 47.8 Å². The van der Waals surface area contributed by atoms with Gasteiger partial charge < -0.3 is 24.4 Å². The summed E-state index contributed by atoms with van der Waals surface area (Å²) in [6.07, 6.45) is 2.08. The van der Waals surface area contributed by atoms with E-state index in [9.17, 15) is 9.59 Å². The number of methoxy groups -OCH3 is 2. The fourth-order valence-corrected chi connectivity index (χ4v) is 4.46. The molecular formula is C26H31N3O5S. The van der Waals surface area contributed by atoms with E-state index >= 15 is 0 Å². The highest BCUT2D eigenvalue weighted by molar-refractivity contribution is 7.14. The van der Waals surface area contributed by atoms with E-state index in [1.165, 1.54) is 11.9 Å². The van der Waals surface area contributed by atoms with Crippen molar-refractivity contribution in [3.63, 3.8) is 0 Å². The minimum atomic E-state index is -1.04. The van der Waals surface area contributed by atoms with Gasteiger partial charge in [0.2, 0.25) is 0 Å². The summed E-state index contributed by atoms with van der Waals surface area (Å²) in [6, 6.07) is 12.9. The monoisotopic (exact) mass is 497 g/mol. The van der Waals surface area contributed by atoms with E-state index in [-0.39, 0.29) is 12.5 Å². The molecule has 0 unspecified atom stereocenters. The van der Waals surface area contributed by atoms with Crippen LogP contribution in [0, 0.1) is 0 Å². The Hall–Kier alpha value is -3.59. The van der Waals surface area contributed by atoms with Gasteiger partial charge in [-0.1, -0.05) is 25.5 Å². The maximum absolute atomic E-state index is 12.4. The molecule has 0 aliphatic heterocycles. The molecule has 8 nitrogen and oxygen atoms in total. The minimum absolute atomic E-state index is 0.321. The lowest BCUT2D eigenvalue weighted by Crippen LogP contribution is -2.31. The van der Waals surface area contributed by atoms with Crippen LogP contribution in [0.25, 0.3) is 11.3 Å². The quantitative estimate of drug-likeness (QED) is 0.385. The lowest BCUT2D eigenvalue weighted by atomic mass is 10.1. The average Bonchev–Trinajstić information content (AvgIpc) is 3.35. The second kappa shape index (κ2) is 12.2. The van der Waals surface area contributed by atoms with Crippen molar-refractivity contribution in [2.75, 3.05) is 39.3 Å². The van der Waals surface area contributed by atoms with Crippen LogP contribution < -0.4 is 14.4 Å². The lowest BCUT2D eigenvalue weighted by Gasteiger charge is -2.22. The number of aromatic nitrogens is 1. The highest BCUT2D eigenvalue weighted by Gasteiger charge is 2.17. The first-order valence-electron chi connectivity index (χ1n) is 11.3. The Balaban J connectivity index is 1.80. The van der Waals surface area contributed by atoms with Crippen molar-refractivity contribution in [3.8, 4) is 22.8 Å². The maximum Gasteiger partial charge on any atom is 0.323 e. The fourth-order valence-electron chi connectivity index (χ4n) is 3.61. The first kappa shape index (κ1) is 26.0. The number of thiazole rings is 1. The van der Waals surface area contributed by atoms with Crippen LogP contribution in [0.2, 0.25) is 0 Å². The number of likely N-dealkylation sites (N-methyl/N-ethyl adjacent to an activating group) is 1. The number of hydrogen-bond donors (Lipinski definition) is 1. The van der Waals surface area contributed by atoms with Crippen LogP contribution in [0.5, 0.6) is 11.5 Å². The van der Waals surface area contributed by atoms with Gasteiger partial charge in [-0.25, -0.2) is 4.98 Å². The topological polar surface area (TPSA) is 92.2 Å². The molecule has 9 heteroatoms. The van der Waals surface area contributed by atoms with E-state index < -0.39 is 5.97 Å². The van der Waals surface area contributed by atoms with Crippen LogP contribution >= 0.6 is 11.3 Å². The highest BCUT2D eigenvalue weighted by atomic mass is 32.1. The van der Waals surface area contributed by atoms with Gasteiger partial charge in [-0.3, -0.25) is 9.59 Å². The molecule has 3 rings (SSSR count). The number of carboxylic acid groups (broad SMARTS) is 1. The lowest BCUT2D eigenvalue weighted by molar-refractivity contribution is -0.137. The van der Waals surface area contributed by atoms with Crippen LogP contribution in [-0.2, 0) is 11.3 Å². The molecule has 3 aromatic rings. The molecule has 1 N–H and O–H groups in total. The molecule has 0 bridgehead atoms. The summed E-state index contributed by atoms with van der Waals surface area (Å²) in [5, 5.41) is 11.8. The molecule has 0 saturated carbocycles. The summed E-state index contributed by atoms with van der Waals surface area (Å²) < 4.78 is 10.9. The van der Waals surface area contributed by atoms with Gasteiger partial charge in [-0.05, 0) is 42.3 Å². The second-order valence-electron chi connectivity index (χ2n) is 8.11. The van der Waals surface area contributed by atoms with Crippen LogP contribution in [0.4, 0.5) is 5.13 Å². The molecule has 0 aliphatic rings. The number of anilines is 1. The Morgan fingerprint density at radius 2 is 1.83 bits per heavy atom. The number of ether oxygens (including phenoxy) is 2. The number of benzene rings is 2. The molecule has 1 amide bonds. The molecule has 0 spiro atoms. The van der Waals surface area contributed by atoms with Gasteiger partial charge in [-0.2, -0.15) is 0 Å². The first-order valence-corrected chi connectivity index (χ1v) is 12.2. The number of carbonyl (C=O) groups excluding carboxylic acids is 1. The normalized spacial score (nSPS) is 10.6. The highest BCUT2D eigenvalue weighted by Crippen LogP contribution is 2.36. The number of unbranched alkanes of at least 4 members (excludes halogenated alkanes) is 1. The predicted molar refractivity (Wildman–Crippen MR) is 138 cm³/mol. The molecule has 0 atom stereocenters. The number of carbonyl (C=O) groups is 2. The van der Waals surface area contributed by atoms with E-state index in [0.717, 1.165) is 52.8 Å². The van der Waals surface area contributed by atoms with Gasteiger partial charge in [0, 0.05) is 36.6 Å². The third-order valence-electron chi connectivity index (χ3n) is 5.52. The molecule has 1 heterocycles. The number of hydrogen-bond acceptors (Lipinski definition) is 7. The zero-order valence-corrected chi connectivity index (χ0v) is 21.3. The van der Waals surface area contributed by atoms with Gasteiger partial charge in [-0.15, -0.1) is 11.3 Å². The van der Waals surface area contributed by atoms with Crippen molar-refractivity contribution in [2.24, 2.45) is 0 Å². The molecule has 0 aliphatic carbocycles. The van der Waals surface area contributed by atoms with Gasteiger partial charge in [0.1, 0.15) is 18.0 Å². The number of amides is 1. The Labute approximate surface area is 209 Å². The molecule has 0 fully saturated rings. The zero-order chi connectivity index (χ0) is 25.4. The Morgan fingerprint density at radius 1 is 1.09 bits per heavy atom. The van der Waals surface area contributed by atoms with Crippen molar-refractivity contribution in [1.82, 2.24) is 9.88 Å². The van der Waals surface area contributed by atoms with Gasteiger partial charge >= 0.3 is 5.97 Å². The van der Waals surface area contributed by atoms with Gasteiger partial charge in [0.05, 0.1) is 19.9 Å². The number of carboxylic acids is 1. The predicted octanol–water partition coefficient (Wildman–Crippen LogP) is 4.79. The molecule has 1 aromatic heterocycles. The third kappa shape index (κ3) is 6.73. The average molecular weight is 498 g/mol. The summed E-state index contributed by atoms with van der Waals surface area (Å²) >= 11 is 1.57. The molecule has 0 saturated heterocycles. The molecular weight excluding hydrogens is 466 g/mol. The molecule has 2 aromatic carbocycles. The van der Waals surface area contributed by atoms with Crippen LogP contribution in [0.1, 0.15) is 35.7 Å². The van der Waals surface area contributed by atoms with Crippen molar-refractivity contribution < 1.29 is 24.2 Å². The zero-order valence-electron chi connectivity index (χ0n) is 20.5. The number of aliphatic carboxylic acids is 1. The smallest absolute Gasteiger partial charge is 0.323 e. The summed E-state index contributed by atoms with van der Waals surface area (Å²) in [7, 11) is 4.75. The van der Waals surface area contributed by atoms with Crippen molar-refractivity contribution >= 4 is 28.3 Å². The fraction of sp³-hybridized carbons (Fsp3) is 0.346. The Kier molecular flexibility index (Phi) is 9.08. The van der Waals surface area contributed by atoms with Crippen molar-refractivity contribution in [3.05, 3.63) is 59.0 Å². The van der Waals surface area contributed by atoms with E-state index in [4.69, 9.17) is 19.6 Å². The SMILES string of the molecule is CCCCN(Cc1ccc(C(=O)N(C)CC(=O)O)cc1)c1nc(-c2cc(OC)ccc2OC)cs1. The van der Waals surface area contributed by atoms with Gasteiger partial charge in [0.25, 0.3) is 5.91 Å². The van der Waals surface area contributed by atoms with E-state index in [1.54, 1.807) is 37.7 Å². The summed E-state index contributed by atoms with van der Waals surface area (Å²) in [4.78, 5) is 31.6. The van der Waals surface area contributed by atoms with E-state index in [1.807, 2.05) is 35.7 Å². The van der Waals surface area contributed by atoms with Crippen molar-refractivity contribution in [2.45, 2.75) is 26.3 Å². The molecule has 186 valence electrons.